The maximum atomic E-state index is 9.41. The van der Waals surface area contributed by atoms with Crippen molar-refractivity contribution < 1.29 is 9.84 Å². The minimum Gasteiger partial charge on any atom is -0.497 e. The van der Waals surface area contributed by atoms with Crippen molar-refractivity contribution in [3.05, 3.63) is 28.4 Å². The Balaban J connectivity index is 1.81. The molecule has 1 aliphatic rings. The van der Waals surface area contributed by atoms with E-state index in [0.717, 1.165) is 41.8 Å². The van der Waals surface area contributed by atoms with Gasteiger partial charge >= 0.3 is 0 Å². The van der Waals surface area contributed by atoms with Crippen LogP contribution >= 0.6 is 15.9 Å². The van der Waals surface area contributed by atoms with E-state index in [1.807, 2.05) is 6.07 Å². The van der Waals surface area contributed by atoms with Gasteiger partial charge in [-0.1, -0.05) is 0 Å². The van der Waals surface area contributed by atoms with Crippen LogP contribution in [0.4, 0.5) is 0 Å². The first kappa shape index (κ1) is 14.9. The Kier molecular flexibility index (Phi) is 4.52. The zero-order valence-electron chi connectivity index (χ0n) is 12.2. The van der Waals surface area contributed by atoms with Crippen molar-refractivity contribution >= 4 is 26.8 Å². The summed E-state index contributed by atoms with van der Waals surface area (Å²) in [4.78, 5) is 5.77. The Bertz CT molecular complexity index is 626. The van der Waals surface area contributed by atoms with E-state index in [-0.39, 0.29) is 6.61 Å². The second kappa shape index (κ2) is 6.38. The molecule has 2 aromatic rings. The van der Waals surface area contributed by atoms with Crippen molar-refractivity contribution in [2.45, 2.75) is 25.3 Å². The number of fused-ring (bicyclic) bond motifs is 1. The number of likely N-dealkylation sites (tertiary alicyclic amines) is 1. The van der Waals surface area contributed by atoms with Gasteiger partial charge in [-0.15, -0.1) is 0 Å². The molecule has 0 aliphatic carbocycles. The summed E-state index contributed by atoms with van der Waals surface area (Å²) in [6.07, 6.45) is 3.26. The largest absolute Gasteiger partial charge is 0.497 e. The van der Waals surface area contributed by atoms with Gasteiger partial charge in [-0.3, -0.25) is 4.90 Å². The fourth-order valence-corrected chi connectivity index (χ4v) is 3.84. The van der Waals surface area contributed by atoms with Crippen molar-refractivity contribution in [2.24, 2.45) is 0 Å². The lowest BCUT2D eigenvalue weighted by Crippen LogP contribution is -2.33. The summed E-state index contributed by atoms with van der Waals surface area (Å²) in [5.74, 6) is 0.879. The molecule has 4 nitrogen and oxygen atoms in total. The van der Waals surface area contributed by atoms with Crippen molar-refractivity contribution in [1.82, 2.24) is 9.88 Å². The molecule has 0 amide bonds. The molecule has 0 unspecified atom stereocenters. The Labute approximate surface area is 133 Å². The summed E-state index contributed by atoms with van der Waals surface area (Å²) in [6, 6.07) is 6.44. The van der Waals surface area contributed by atoms with E-state index in [1.165, 1.54) is 17.4 Å². The van der Waals surface area contributed by atoms with Gasteiger partial charge < -0.3 is 14.8 Å². The lowest BCUT2D eigenvalue weighted by Gasteiger charge is -2.22. The topological polar surface area (TPSA) is 48.5 Å². The van der Waals surface area contributed by atoms with E-state index < -0.39 is 0 Å². The number of nitrogens with one attached hydrogen (secondary N) is 1. The summed E-state index contributed by atoms with van der Waals surface area (Å²) in [7, 11) is 1.69. The van der Waals surface area contributed by atoms with Crippen LogP contribution in [0, 0.1) is 0 Å². The van der Waals surface area contributed by atoms with Gasteiger partial charge in [0.05, 0.1) is 18.3 Å². The highest BCUT2D eigenvalue weighted by Gasteiger charge is 2.23. The van der Waals surface area contributed by atoms with Crippen LogP contribution in [-0.4, -0.2) is 47.8 Å². The first-order valence-corrected chi connectivity index (χ1v) is 8.21. The van der Waals surface area contributed by atoms with E-state index >= 15 is 0 Å². The van der Waals surface area contributed by atoms with Crippen LogP contribution in [-0.2, 0) is 6.42 Å². The standard InChI is InChI=1S/C16H21BrN2O2/c1-21-12-4-5-15-14(9-12)13(16(17)18-15)6-8-19-7-2-3-11(19)10-20/h4-5,9,11,18,20H,2-3,6-8,10H2,1H3/t11-/m0/s1. The minimum atomic E-state index is 0.267. The molecule has 1 saturated heterocycles. The van der Waals surface area contributed by atoms with Gasteiger partial charge in [-0.25, -0.2) is 0 Å². The van der Waals surface area contributed by atoms with Gasteiger partial charge in [0.15, 0.2) is 0 Å². The number of methoxy groups -OCH3 is 1. The van der Waals surface area contributed by atoms with Gasteiger partial charge in [0.2, 0.25) is 0 Å². The average molecular weight is 353 g/mol. The number of halogens is 1. The van der Waals surface area contributed by atoms with E-state index in [4.69, 9.17) is 4.74 Å². The Hall–Kier alpha value is -1.04. The van der Waals surface area contributed by atoms with Crippen LogP contribution in [0.5, 0.6) is 5.75 Å². The summed E-state index contributed by atoms with van der Waals surface area (Å²) < 4.78 is 6.37. The average Bonchev–Trinajstić information content (AvgIpc) is 3.07. The van der Waals surface area contributed by atoms with Gasteiger partial charge in [0.1, 0.15) is 5.75 Å². The summed E-state index contributed by atoms with van der Waals surface area (Å²) in [5, 5.41) is 10.6. The zero-order valence-corrected chi connectivity index (χ0v) is 13.8. The zero-order chi connectivity index (χ0) is 14.8. The third kappa shape index (κ3) is 2.96. The first-order valence-electron chi connectivity index (χ1n) is 7.42. The number of hydrogen-bond acceptors (Lipinski definition) is 3. The minimum absolute atomic E-state index is 0.267. The normalized spacial score (nSPS) is 19.5. The number of hydrogen-bond donors (Lipinski definition) is 2. The molecule has 0 saturated carbocycles. The van der Waals surface area contributed by atoms with E-state index in [0.29, 0.717) is 6.04 Å². The molecule has 1 aromatic heterocycles. The molecule has 2 N–H and O–H groups in total. The summed E-state index contributed by atoms with van der Waals surface area (Å²) in [5.41, 5.74) is 2.41. The predicted octanol–water partition coefficient (Wildman–Crippen LogP) is 2.94. The van der Waals surface area contributed by atoms with Gasteiger partial charge in [0.25, 0.3) is 0 Å². The fourth-order valence-electron chi connectivity index (χ4n) is 3.22. The maximum Gasteiger partial charge on any atom is 0.119 e. The van der Waals surface area contributed by atoms with E-state index in [9.17, 15) is 5.11 Å². The lowest BCUT2D eigenvalue weighted by molar-refractivity contribution is 0.160. The smallest absolute Gasteiger partial charge is 0.119 e. The Morgan fingerprint density at radius 1 is 1.48 bits per heavy atom. The van der Waals surface area contributed by atoms with Gasteiger partial charge in [0, 0.05) is 23.5 Å². The number of aromatic amines is 1. The number of benzene rings is 1. The molecular weight excluding hydrogens is 332 g/mol. The maximum absolute atomic E-state index is 9.41. The number of H-pyrrole nitrogens is 1. The highest BCUT2D eigenvalue weighted by Crippen LogP contribution is 2.30. The Morgan fingerprint density at radius 3 is 3.10 bits per heavy atom. The quantitative estimate of drug-likeness (QED) is 0.869. The monoisotopic (exact) mass is 352 g/mol. The molecule has 1 fully saturated rings. The van der Waals surface area contributed by atoms with Crippen LogP contribution in [0.25, 0.3) is 10.9 Å². The first-order chi connectivity index (χ1) is 10.2. The van der Waals surface area contributed by atoms with Gasteiger partial charge in [-0.2, -0.15) is 0 Å². The second-order valence-corrected chi connectivity index (χ2v) is 6.39. The SMILES string of the molecule is COc1ccc2[nH]c(Br)c(CCN3CCC[C@H]3CO)c2c1. The molecule has 0 radical (unpaired) electrons. The molecule has 0 spiro atoms. The molecule has 114 valence electrons. The summed E-state index contributed by atoms with van der Waals surface area (Å²) in [6.45, 7) is 2.34. The molecule has 1 aliphatic heterocycles. The van der Waals surface area contributed by atoms with Crippen molar-refractivity contribution in [3.63, 3.8) is 0 Å². The van der Waals surface area contributed by atoms with Crippen LogP contribution < -0.4 is 4.74 Å². The predicted molar refractivity (Wildman–Crippen MR) is 87.9 cm³/mol. The van der Waals surface area contributed by atoms with Crippen molar-refractivity contribution in [2.75, 3.05) is 26.8 Å². The lowest BCUT2D eigenvalue weighted by atomic mass is 10.1. The number of aromatic nitrogens is 1. The molecule has 0 bridgehead atoms. The second-order valence-electron chi connectivity index (χ2n) is 5.59. The third-order valence-electron chi connectivity index (χ3n) is 4.42. The van der Waals surface area contributed by atoms with Gasteiger partial charge in [-0.05, 0) is 65.5 Å². The molecule has 5 heteroatoms. The van der Waals surface area contributed by atoms with Crippen LogP contribution in [0.1, 0.15) is 18.4 Å². The highest BCUT2D eigenvalue weighted by molar-refractivity contribution is 9.10. The fraction of sp³-hybridized carbons (Fsp3) is 0.500. The molecule has 2 heterocycles. The number of ether oxygens (including phenoxy) is 1. The molecule has 1 aromatic carbocycles. The van der Waals surface area contributed by atoms with Crippen molar-refractivity contribution in [1.29, 1.82) is 0 Å². The number of rotatable bonds is 5. The molecule has 1 atom stereocenters. The number of aliphatic hydroxyl groups excluding tert-OH is 1. The van der Waals surface area contributed by atoms with Crippen LogP contribution in [0.3, 0.4) is 0 Å². The molecule has 21 heavy (non-hydrogen) atoms. The number of aliphatic hydroxyl groups is 1. The van der Waals surface area contributed by atoms with E-state index in [2.05, 4.69) is 37.9 Å². The van der Waals surface area contributed by atoms with Crippen molar-refractivity contribution in [3.8, 4) is 5.75 Å². The van der Waals surface area contributed by atoms with E-state index in [1.54, 1.807) is 7.11 Å². The van der Waals surface area contributed by atoms with Crippen LogP contribution in [0.15, 0.2) is 22.8 Å². The third-order valence-corrected chi connectivity index (χ3v) is 5.10. The molecule has 3 rings (SSSR count). The molecular formula is C16H21BrN2O2. The summed E-state index contributed by atoms with van der Waals surface area (Å²) >= 11 is 3.63. The highest BCUT2D eigenvalue weighted by atomic mass is 79.9. The van der Waals surface area contributed by atoms with Crippen LogP contribution in [0.2, 0.25) is 0 Å². The Morgan fingerprint density at radius 2 is 2.33 bits per heavy atom. The number of nitrogens with zero attached hydrogens (tertiary/aromatic N) is 1.